The highest BCUT2D eigenvalue weighted by atomic mass is 16.5. The molecule has 0 spiro atoms. The Labute approximate surface area is 159 Å². The summed E-state index contributed by atoms with van der Waals surface area (Å²) >= 11 is 0. The van der Waals surface area contributed by atoms with Crippen LogP contribution in [0.3, 0.4) is 0 Å². The minimum absolute atomic E-state index is 0.636. The lowest BCUT2D eigenvalue weighted by atomic mass is 10.2. The molecule has 2 N–H and O–H groups in total. The highest BCUT2D eigenvalue weighted by Gasteiger charge is 1.99. The van der Waals surface area contributed by atoms with Crippen LogP contribution in [0.2, 0.25) is 0 Å². The van der Waals surface area contributed by atoms with Crippen molar-refractivity contribution in [2.24, 2.45) is 4.99 Å². The molecule has 0 saturated carbocycles. The van der Waals surface area contributed by atoms with E-state index in [4.69, 9.17) is 9.47 Å². The lowest BCUT2D eigenvalue weighted by Crippen LogP contribution is -2.39. The molecule has 0 aliphatic rings. The molecule has 0 unspecified atom stereocenters. The third kappa shape index (κ3) is 10.3. The van der Waals surface area contributed by atoms with Crippen molar-refractivity contribution in [3.05, 3.63) is 29.8 Å². The van der Waals surface area contributed by atoms with Gasteiger partial charge >= 0.3 is 0 Å². The van der Waals surface area contributed by atoms with Crippen LogP contribution in [0.1, 0.15) is 32.3 Å². The van der Waals surface area contributed by atoms with Crippen LogP contribution in [0, 0.1) is 0 Å². The summed E-state index contributed by atoms with van der Waals surface area (Å²) in [5.74, 6) is 0.812. The van der Waals surface area contributed by atoms with E-state index in [1.54, 1.807) is 0 Å². The van der Waals surface area contributed by atoms with Gasteiger partial charge in [0.2, 0.25) is 0 Å². The molecule has 0 fully saturated rings. The summed E-state index contributed by atoms with van der Waals surface area (Å²) in [6.07, 6.45) is 2.28. The first kappa shape index (κ1) is 22.3. The predicted octanol–water partition coefficient (Wildman–Crippen LogP) is 2.64. The molecule has 148 valence electrons. The third-order valence-corrected chi connectivity index (χ3v) is 3.77. The van der Waals surface area contributed by atoms with Gasteiger partial charge in [-0.2, -0.15) is 0 Å². The fraction of sp³-hybridized carbons (Fsp3) is 0.650. The molecule has 0 aliphatic heterocycles. The van der Waals surface area contributed by atoms with Gasteiger partial charge in [-0.3, -0.25) is 0 Å². The van der Waals surface area contributed by atoms with E-state index in [9.17, 15) is 0 Å². The van der Waals surface area contributed by atoms with E-state index in [1.807, 2.05) is 14.1 Å². The Morgan fingerprint density at radius 3 is 2.27 bits per heavy atom. The quantitative estimate of drug-likeness (QED) is 0.320. The Bertz CT molecular complexity index is 489. The molecule has 0 radical (unpaired) electrons. The van der Waals surface area contributed by atoms with Crippen LogP contribution in [0.15, 0.2) is 29.3 Å². The molecule has 0 heterocycles. The second-order valence-electron chi connectivity index (χ2n) is 6.26. The second-order valence-corrected chi connectivity index (χ2v) is 6.26. The van der Waals surface area contributed by atoms with Gasteiger partial charge in [0.05, 0.1) is 26.4 Å². The molecule has 0 amide bonds. The molecule has 0 saturated heterocycles. The molecular weight excluding hydrogens is 328 g/mol. The molecule has 0 aromatic heterocycles. The summed E-state index contributed by atoms with van der Waals surface area (Å²) in [6, 6.07) is 8.46. The van der Waals surface area contributed by atoms with E-state index in [1.165, 1.54) is 11.3 Å². The minimum atomic E-state index is 0.636. The van der Waals surface area contributed by atoms with Crippen molar-refractivity contribution in [3.63, 3.8) is 0 Å². The minimum Gasteiger partial charge on any atom is -0.379 e. The first-order chi connectivity index (χ1) is 12.7. The molecule has 0 aliphatic carbocycles. The monoisotopic (exact) mass is 364 g/mol. The van der Waals surface area contributed by atoms with Crippen molar-refractivity contribution in [2.75, 3.05) is 58.5 Å². The molecule has 6 nitrogen and oxygen atoms in total. The number of aliphatic imine (C=N–C) groups is 1. The van der Waals surface area contributed by atoms with Gasteiger partial charge in [-0.1, -0.05) is 25.5 Å². The highest BCUT2D eigenvalue weighted by Crippen LogP contribution is 2.12. The van der Waals surface area contributed by atoms with Gasteiger partial charge < -0.3 is 25.0 Å². The average molecular weight is 365 g/mol. The number of guanidine groups is 1. The number of rotatable bonds is 13. The predicted molar refractivity (Wildman–Crippen MR) is 110 cm³/mol. The summed E-state index contributed by atoms with van der Waals surface area (Å²) in [6.45, 7) is 9.19. The molecular formula is C20H36N4O2. The fourth-order valence-electron chi connectivity index (χ4n) is 2.22. The number of nitrogens with zero attached hydrogens (tertiary/aromatic N) is 2. The zero-order valence-electron chi connectivity index (χ0n) is 16.9. The number of hydrogen-bond acceptors (Lipinski definition) is 4. The van der Waals surface area contributed by atoms with E-state index < -0.39 is 0 Å². The van der Waals surface area contributed by atoms with Crippen LogP contribution in [0.25, 0.3) is 0 Å². The zero-order valence-corrected chi connectivity index (χ0v) is 16.9. The molecule has 1 rings (SSSR count). The first-order valence-corrected chi connectivity index (χ1v) is 9.61. The molecule has 1 aromatic carbocycles. The number of nitrogens with one attached hydrogen (secondary N) is 2. The number of benzene rings is 1. The summed E-state index contributed by atoms with van der Waals surface area (Å²) in [7, 11) is 4.08. The maximum atomic E-state index is 5.57. The molecule has 26 heavy (non-hydrogen) atoms. The summed E-state index contributed by atoms with van der Waals surface area (Å²) < 4.78 is 11.0. The van der Waals surface area contributed by atoms with Crippen molar-refractivity contribution >= 4 is 11.6 Å². The van der Waals surface area contributed by atoms with Gasteiger partial charge in [0.1, 0.15) is 0 Å². The van der Waals surface area contributed by atoms with E-state index in [0.717, 1.165) is 38.5 Å². The Morgan fingerprint density at radius 2 is 1.65 bits per heavy atom. The standard InChI is InChI=1S/C20H36N4O2/c1-5-7-13-25-15-16-26-14-12-22-20(21-6-2)23-17-18-8-10-19(11-9-18)24(3)4/h8-11H,5-7,12-17H2,1-4H3,(H2,21,22,23). The van der Waals surface area contributed by atoms with Crippen molar-refractivity contribution in [3.8, 4) is 0 Å². The lowest BCUT2D eigenvalue weighted by molar-refractivity contribution is 0.0487. The number of ether oxygens (including phenoxy) is 2. The van der Waals surface area contributed by atoms with Crippen LogP contribution in [0.4, 0.5) is 5.69 Å². The number of anilines is 1. The highest BCUT2D eigenvalue weighted by molar-refractivity contribution is 5.79. The normalized spacial score (nSPS) is 11.5. The molecule has 1 aromatic rings. The average Bonchev–Trinajstić information content (AvgIpc) is 2.65. The molecule has 0 atom stereocenters. The Balaban J connectivity index is 2.26. The smallest absolute Gasteiger partial charge is 0.191 e. The summed E-state index contributed by atoms with van der Waals surface area (Å²) in [4.78, 5) is 6.72. The Morgan fingerprint density at radius 1 is 0.962 bits per heavy atom. The van der Waals surface area contributed by atoms with Gasteiger partial charge in [0.25, 0.3) is 0 Å². The third-order valence-electron chi connectivity index (χ3n) is 3.77. The van der Waals surface area contributed by atoms with Crippen molar-refractivity contribution < 1.29 is 9.47 Å². The van der Waals surface area contributed by atoms with Crippen molar-refractivity contribution in [1.29, 1.82) is 0 Å². The number of hydrogen-bond donors (Lipinski definition) is 2. The van der Waals surface area contributed by atoms with Gasteiger partial charge in [-0.15, -0.1) is 0 Å². The van der Waals surface area contributed by atoms with Crippen molar-refractivity contribution in [1.82, 2.24) is 10.6 Å². The second kappa shape index (κ2) is 14.4. The Hall–Kier alpha value is -1.79. The van der Waals surface area contributed by atoms with Gasteiger partial charge in [0.15, 0.2) is 5.96 Å². The Kier molecular flexibility index (Phi) is 12.3. The lowest BCUT2D eigenvalue weighted by Gasteiger charge is -2.13. The van der Waals surface area contributed by atoms with E-state index >= 15 is 0 Å². The fourth-order valence-corrected chi connectivity index (χ4v) is 2.22. The summed E-state index contributed by atoms with van der Waals surface area (Å²) in [5, 5.41) is 6.55. The van der Waals surface area contributed by atoms with E-state index in [2.05, 4.69) is 58.6 Å². The van der Waals surface area contributed by atoms with Gasteiger partial charge in [-0.25, -0.2) is 4.99 Å². The molecule has 6 heteroatoms. The van der Waals surface area contributed by atoms with E-state index in [-0.39, 0.29) is 0 Å². The van der Waals surface area contributed by atoms with Crippen LogP contribution >= 0.6 is 0 Å². The SMILES string of the molecule is CCCCOCCOCCNC(=NCc1ccc(N(C)C)cc1)NCC. The van der Waals surface area contributed by atoms with E-state index in [0.29, 0.717) is 26.4 Å². The first-order valence-electron chi connectivity index (χ1n) is 9.61. The van der Waals surface area contributed by atoms with Crippen LogP contribution < -0.4 is 15.5 Å². The number of unbranched alkanes of at least 4 members (excludes halogenated alkanes) is 1. The van der Waals surface area contributed by atoms with Crippen LogP contribution in [-0.4, -0.2) is 59.6 Å². The van der Waals surface area contributed by atoms with Crippen LogP contribution in [0.5, 0.6) is 0 Å². The van der Waals surface area contributed by atoms with Crippen LogP contribution in [-0.2, 0) is 16.0 Å². The maximum absolute atomic E-state index is 5.57. The summed E-state index contributed by atoms with van der Waals surface area (Å²) in [5.41, 5.74) is 2.38. The van der Waals surface area contributed by atoms with Gasteiger partial charge in [-0.05, 0) is 31.0 Å². The maximum Gasteiger partial charge on any atom is 0.191 e. The largest absolute Gasteiger partial charge is 0.379 e. The van der Waals surface area contributed by atoms with Crippen molar-refractivity contribution in [2.45, 2.75) is 33.2 Å². The molecule has 0 bridgehead atoms. The topological polar surface area (TPSA) is 58.1 Å². The van der Waals surface area contributed by atoms with Gasteiger partial charge in [0, 0.05) is 39.5 Å². The zero-order chi connectivity index (χ0) is 19.0.